The predicted molar refractivity (Wildman–Crippen MR) is 132 cm³/mol. The topological polar surface area (TPSA) is 58.6 Å². The molecule has 0 unspecified atom stereocenters. The van der Waals surface area contributed by atoms with Crippen molar-refractivity contribution in [2.75, 3.05) is 38.2 Å². The number of ether oxygens (including phenoxy) is 1. The molecule has 0 saturated carbocycles. The minimum atomic E-state index is 0.0482. The Balaban J connectivity index is 1.46. The summed E-state index contributed by atoms with van der Waals surface area (Å²) in [4.78, 5) is 26.3. The summed E-state index contributed by atoms with van der Waals surface area (Å²) in [5.74, 6) is 2.64. The highest BCUT2D eigenvalue weighted by Gasteiger charge is 2.24. The van der Waals surface area contributed by atoms with Crippen LogP contribution in [0, 0.1) is 13.8 Å². The molecule has 1 saturated heterocycles. The van der Waals surface area contributed by atoms with E-state index < -0.39 is 0 Å². The minimum absolute atomic E-state index is 0.0482. The molecule has 0 radical (unpaired) electrons. The smallest absolute Gasteiger partial charge is 0.246 e. The van der Waals surface area contributed by atoms with E-state index in [0.717, 1.165) is 53.7 Å². The van der Waals surface area contributed by atoms with Gasteiger partial charge in [0.1, 0.15) is 17.4 Å². The van der Waals surface area contributed by atoms with Crippen molar-refractivity contribution in [1.29, 1.82) is 0 Å². The summed E-state index contributed by atoms with van der Waals surface area (Å²) in [6.07, 6.45) is 4.29. The van der Waals surface area contributed by atoms with Gasteiger partial charge in [-0.05, 0) is 43.2 Å². The first-order valence-electron chi connectivity index (χ1n) is 11.3. The van der Waals surface area contributed by atoms with E-state index in [4.69, 9.17) is 9.72 Å². The summed E-state index contributed by atoms with van der Waals surface area (Å²) in [5, 5.41) is 0. The van der Waals surface area contributed by atoms with Crippen LogP contribution in [0.25, 0.3) is 6.08 Å². The lowest BCUT2D eigenvalue weighted by Gasteiger charge is -2.36. The quantitative estimate of drug-likeness (QED) is 0.539. The highest BCUT2D eigenvalue weighted by atomic mass is 16.5. The molecule has 6 heteroatoms. The molecule has 6 nitrogen and oxygen atoms in total. The fourth-order valence-corrected chi connectivity index (χ4v) is 4.11. The van der Waals surface area contributed by atoms with Crippen molar-refractivity contribution < 1.29 is 9.53 Å². The van der Waals surface area contributed by atoms with E-state index in [9.17, 15) is 4.79 Å². The standard InChI is InChI=1S/C27H30N4O2/c1-20-25(19-23-9-12-24(33-3)13-10-23)27(29-21(2)28-20)31-17-15-30(16-18-31)26(32)14-11-22-7-5-4-6-8-22/h4-14H,15-19H2,1-3H3/b14-11+. The Labute approximate surface area is 195 Å². The first-order chi connectivity index (χ1) is 16.0. The number of carbonyl (C=O) groups excluding carboxylic acids is 1. The van der Waals surface area contributed by atoms with Gasteiger partial charge in [-0.1, -0.05) is 42.5 Å². The molecule has 0 spiro atoms. The van der Waals surface area contributed by atoms with Crippen LogP contribution in [0.15, 0.2) is 60.7 Å². The third kappa shape index (κ3) is 5.58. The third-order valence-electron chi connectivity index (χ3n) is 5.95. The summed E-state index contributed by atoms with van der Waals surface area (Å²) in [5.41, 5.74) is 4.35. The van der Waals surface area contributed by atoms with Gasteiger partial charge in [0.2, 0.25) is 5.91 Å². The average Bonchev–Trinajstić information content (AvgIpc) is 2.85. The van der Waals surface area contributed by atoms with Crippen LogP contribution in [-0.4, -0.2) is 54.1 Å². The van der Waals surface area contributed by atoms with Gasteiger partial charge in [0.25, 0.3) is 0 Å². The van der Waals surface area contributed by atoms with E-state index >= 15 is 0 Å². The number of amides is 1. The van der Waals surface area contributed by atoms with Crippen LogP contribution in [0.3, 0.4) is 0 Å². The molecule has 2 aromatic carbocycles. The van der Waals surface area contributed by atoms with Crippen LogP contribution in [0.4, 0.5) is 5.82 Å². The molecule has 0 atom stereocenters. The summed E-state index contributed by atoms with van der Waals surface area (Å²) in [7, 11) is 1.67. The largest absolute Gasteiger partial charge is 0.497 e. The van der Waals surface area contributed by atoms with E-state index in [0.29, 0.717) is 13.1 Å². The van der Waals surface area contributed by atoms with Crippen LogP contribution in [0.5, 0.6) is 5.75 Å². The Morgan fingerprint density at radius 3 is 2.33 bits per heavy atom. The molecule has 3 aromatic rings. The molecular formula is C27H30N4O2. The number of benzene rings is 2. The second-order valence-electron chi connectivity index (χ2n) is 8.24. The van der Waals surface area contributed by atoms with Crippen molar-refractivity contribution in [2.24, 2.45) is 0 Å². The SMILES string of the molecule is COc1ccc(Cc2c(C)nc(C)nc2N2CCN(C(=O)/C=C/c3ccccc3)CC2)cc1. The summed E-state index contributed by atoms with van der Waals surface area (Å²) in [6.45, 7) is 6.81. The zero-order chi connectivity index (χ0) is 23.2. The maximum absolute atomic E-state index is 12.7. The van der Waals surface area contributed by atoms with E-state index in [1.165, 1.54) is 5.56 Å². The Hall–Kier alpha value is -3.67. The zero-order valence-electron chi connectivity index (χ0n) is 19.5. The second kappa shape index (κ2) is 10.3. The van der Waals surface area contributed by atoms with Crippen LogP contribution in [0.1, 0.15) is 28.2 Å². The number of carbonyl (C=O) groups is 1. The number of aromatic nitrogens is 2. The van der Waals surface area contributed by atoms with Gasteiger partial charge in [-0.15, -0.1) is 0 Å². The highest BCUT2D eigenvalue weighted by Crippen LogP contribution is 2.26. The Morgan fingerprint density at radius 1 is 0.970 bits per heavy atom. The third-order valence-corrected chi connectivity index (χ3v) is 5.95. The van der Waals surface area contributed by atoms with Crippen molar-refractivity contribution in [2.45, 2.75) is 20.3 Å². The van der Waals surface area contributed by atoms with Crippen molar-refractivity contribution in [1.82, 2.24) is 14.9 Å². The predicted octanol–water partition coefficient (Wildman–Crippen LogP) is 4.05. The molecule has 170 valence electrons. The van der Waals surface area contributed by atoms with Crippen LogP contribution >= 0.6 is 0 Å². The molecule has 0 bridgehead atoms. The maximum Gasteiger partial charge on any atom is 0.246 e. The first-order valence-corrected chi connectivity index (χ1v) is 11.3. The second-order valence-corrected chi connectivity index (χ2v) is 8.24. The number of anilines is 1. The monoisotopic (exact) mass is 442 g/mol. The number of piperazine rings is 1. The number of hydrogen-bond acceptors (Lipinski definition) is 5. The van der Waals surface area contributed by atoms with Gasteiger partial charge in [0.15, 0.2) is 0 Å². The van der Waals surface area contributed by atoms with Gasteiger partial charge in [0, 0.05) is 49.9 Å². The van der Waals surface area contributed by atoms with Crippen molar-refractivity contribution in [3.63, 3.8) is 0 Å². The van der Waals surface area contributed by atoms with Crippen LogP contribution < -0.4 is 9.64 Å². The average molecular weight is 443 g/mol. The number of nitrogens with zero attached hydrogens (tertiary/aromatic N) is 4. The zero-order valence-corrected chi connectivity index (χ0v) is 19.5. The van der Waals surface area contributed by atoms with Crippen molar-refractivity contribution >= 4 is 17.8 Å². The summed E-state index contributed by atoms with van der Waals surface area (Å²) < 4.78 is 5.28. The Morgan fingerprint density at radius 2 is 1.67 bits per heavy atom. The van der Waals surface area contributed by atoms with Gasteiger partial charge < -0.3 is 14.5 Å². The molecule has 1 aliphatic heterocycles. The Bertz CT molecular complexity index is 1120. The maximum atomic E-state index is 12.7. The van der Waals surface area contributed by atoms with Gasteiger partial charge >= 0.3 is 0 Å². The number of aryl methyl sites for hydroxylation is 2. The molecule has 0 aliphatic carbocycles. The summed E-state index contributed by atoms with van der Waals surface area (Å²) >= 11 is 0. The molecular weight excluding hydrogens is 412 g/mol. The molecule has 1 fully saturated rings. The molecule has 1 aliphatic rings. The highest BCUT2D eigenvalue weighted by molar-refractivity contribution is 5.92. The number of rotatable bonds is 6. The van der Waals surface area contributed by atoms with Crippen molar-refractivity contribution in [3.8, 4) is 5.75 Å². The van der Waals surface area contributed by atoms with E-state index in [2.05, 4.69) is 22.0 Å². The number of hydrogen-bond donors (Lipinski definition) is 0. The minimum Gasteiger partial charge on any atom is -0.497 e. The van der Waals surface area contributed by atoms with E-state index in [1.807, 2.05) is 67.3 Å². The van der Waals surface area contributed by atoms with Gasteiger partial charge in [-0.25, -0.2) is 9.97 Å². The van der Waals surface area contributed by atoms with E-state index in [-0.39, 0.29) is 5.91 Å². The molecule has 4 rings (SSSR count). The fourth-order valence-electron chi connectivity index (χ4n) is 4.11. The lowest BCUT2D eigenvalue weighted by Crippen LogP contribution is -2.49. The van der Waals surface area contributed by atoms with Crippen LogP contribution in [-0.2, 0) is 11.2 Å². The molecule has 33 heavy (non-hydrogen) atoms. The van der Waals surface area contributed by atoms with Crippen LogP contribution in [0.2, 0.25) is 0 Å². The van der Waals surface area contributed by atoms with Gasteiger partial charge in [0.05, 0.1) is 7.11 Å². The fraction of sp³-hybridized carbons (Fsp3) is 0.296. The molecule has 1 amide bonds. The normalized spacial score (nSPS) is 14.0. The number of methoxy groups -OCH3 is 1. The van der Waals surface area contributed by atoms with E-state index in [1.54, 1.807) is 13.2 Å². The molecule has 2 heterocycles. The lowest BCUT2D eigenvalue weighted by molar-refractivity contribution is -0.126. The molecule has 1 aromatic heterocycles. The Kier molecular flexibility index (Phi) is 7.03. The van der Waals surface area contributed by atoms with Gasteiger partial charge in [-0.3, -0.25) is 4.79 Å². The molecule has 0 N–H and O–H groups in total. The lowest BCUT2D eigenvalue weighted by atomic mass is 10.0. The first kappa shape index (κ1) is 22.5. The van der Waals surface area contributed by atoms with Crippen molar-refractivity contribution in [3.05, 3.63) is 88.9 Å². The van der Waals surface area contributed by atoms with Gasteiger partial charge in [-0.2, -0.15) is 0 Å². The summed E-state index contributed by atoms with van der Waals surface area (Å²) in [6, 6.07) is 18.0.